The Bertz CT molecular complexity index is 794. The molecule has 0 radical (unpaired) electrons. The van der Waals surface area contributed by atoms with Crippen molar-refractivity contribution in [3.63, 3.8) is 0 Å². The Hall–Kier alpha value is -1.50. The Morgan fingerprint density at radius 1 is 1.17 bits per heavy atom. The van der Waals surface area contributed by atoms with Gasteiger partial charge in [0.15, 0.2) is 0 Å². The Morgan fingerprint density at radius 3 is 2.54 bits per heavy atom. The van der Waals surface area contributed by atoms with Crippen LogP contribution in [0.3, 0.4) is 0 Å². The van der Waals surface area contributed by atoms with Crippen LogP contribution in [0.1, 0.15) is 5.56 Å². The molecule has 0 aromatic heterocycles. The molecule has 0 atom stereocenters. The molecule has 2 aromatic rings. The fourth-order valence-electron chi connectivity index (χ4n) is 2.01. The van der Waals surface area contributed by atoms with Crippen LogP contribution in [0.5, 0.6) is 11.5 Å². The molecule has 2 rings (SSSR count). The zero-order chi connectivity index (χ0) is 17.7. The number of halogens is 3. The molecule has 24 heavy (non-hydrogen) atoms. The molecular weight excluding hydrogens is 461 g/mol. The van der Waals surface area contributed by atoms with E-state index >= 15 is 0 Å². The van der Waals surface area contributed by atoms with Crippen LogP contribution >= 0.6 is 43.5 Å². The van der Waals surface area contributed by atoms with Crippen LogP contribution in [-0.4, -0.2) is 20.1 Å². The van der Waals surface area contributed by atoms with E-state index in [4.69, 9.17) is 21.1 Å². The second-order valence-electron chi connectivity index (χ2n) is 4.68. The molecule has 0 aliphatic heterocycles. The third-order valence-corrected chi connectivity index (χ3v) is 4.42. The Kier molecular flexibility index (Phi) is 6.71. The zero-order valence-electron chi connectivity index (χ0n) is 12.9. The number of hydrogen-bond donors (Lipinski definition) is 1. The smallest absolute Gasteiger partial charge is 0.248 e. The number of nitrogens with one attached hydrogen (secondary N) is 1. The number of amides is 1. The van der Waals surface area contributed by atoms with Gasteiger partial charge in [0.2, 0.25) is 5.91 Å². The van der Waals surface area contributed by atoms with E-state index in [0.29, 0.717) is 22.2 Å². The number of ether oxygens (including phenoxy) is 2. The predicted octanol–water partition coefficient (Wildman–Crippen LogP) is 5.53. The summed E-state index contributed by atoms with van der Waals surface area (Å²) in [6.45, 7) is 0. The third-order valence-electron chi connectivity index (χ3n) is 3.07. The number of carbonyl (C=O) groups is 1. The second-order valence-corrected chi connectivity index (χ2v) is 6.86. The molecule has 0 aliphatic carbocycles. The maximum absolute atomic E-state index is 12.1. The molecule has 0 aliphatic rings. The Balaban J connectivity index is 2.15. The fourth-order valence-corrected chi connectivity index (χ4v) is 3.69. The van der Waals surface area contributed by atoms with E-state index in [1.54, 1.807) is 31.4 Å². The number of anilines is 1. The van der Waals surface area contributed by atoms with Crippen molar-refractivity contribution in [2.24, 2.45) is 0 Å². The average molecular weight is 476 g/mol. The molecule has 1 amide bonds. The summed E-state index contributed by atoms with van der Waals surface area (Å²) in [7, 11) is 3.11. The van der Waals surface area contributed by atoms with Crippen molar-refractivity contribution in [3.8, 4) is 11.5 Å². The first kappa shape index (κ1) is 18.8. The van der Waals surface area contributed by atoms with Crippen LogP contribution in [0.4, 0.5) is 5.69 Å². The molecule has 126 valence electrons. The van der Waals surface area contributed by atoms with Gasteiger partial charge < -0.3 is 14.8 Å². The molecular formula is C17H14Br2ClNO3. The van der Waals surface area contributed by atoms with E-state index in [9.17, 15) is 4.79 Å². The van der Waals surface area contributed by atoms with Gasteiger partial charge in [0.25, 0.3) is 0 Å². The lowest BCUT2D eigenvalue weighted by molar-refractivity contribution is -0.111. The fraction of sp³-hybridized carbons (Fsp3) is 0.118. The summed E-state index contributed by atoms with van der Waals surface area (Å²) < 4.78 is 12.1. The van der Waals surface area contributed by atoms with Crippen LogP contribution in [0.2, 0.25) is 5.02 Å². The summed E-state index contributed by atoms with van der Waals surface area (Å²) in [5.74, 6) is 0.915. The topological polar surface area (TPSA) is 47.6 Å². The monoisotopic (exact) mass is 473 g/mol. The van der Waals surface area contributed by atoms with E-state index in [2.05, 4.69) is 37.2 Å². The van der Waals surface area contributed by atoms with E-state index < -0.39 is 0 Å². The van der Waals surface area contributed by atoms with Gasteiger partial charge in [-0.25, -0.2) is 0 Å². The number of benzene rings is 2. The molecule has 7 heteroatoms. The van der Waals surface area contributed by atoms with E-state index in [1.807, 2.05) is 12.1 Å². The highest BCUT2D eigenvalue weighted by atomic mass is 79.9. The van der Waals surface area contributed by atoms with Crippen LogP contribution in [0.15, 0.2) is 45.4 Å². The first-order chi connectivity index (χ1) is 11.4. The normalized spacial score (nSPS) is 10.7. The molecule has 0 heterocycles. The van der Waals surface area contributed by atoms with Gasteiger partial charge in [-0.15, -0.1) is 0 Å². The molecule has 0 unspecified atom stereocenters. The molecule has 2 aromatic carbocycles. The van der Waals surface area contributed by atoms with Crippen molar-refractivity contribution in [3.05, 3.63) is 55.9 Å². The van der Waals surface area contributed by atoms with Crippen molar-refractivity contribution in [1.82, 2.24) is 0 Å². The van der Waals surface area contributed by atoms with Gasteiger partial charge in [0, 0.05) is 21.8 Å². The lowest BCUT2D eigenvalue weighted by atomic mass is 10.2. The van der Waals surface area contributed by atoms with Crippen molar-refractivity contribution < 1.29 is 14.3 Å². The zero-order valence-corrected chi connectivity index (χ0v) is 16.8. The number of methoxy groups -OCH3 is 2. The summed E-state index contributed by atoms with van der Waals surface area (Å²) in [5, 5.41) is 3.17. The van der Waals surface area contributed by atoms with Gasteiger partial charge in [-0.1, -0.05) is 27.5 Å². The van der Waals surface area contributed by atoms with Crippen LogP contribution in [-0.2, 0) is 4.79 Å². The number of rotatable bonds is 5. The van der Waals surface area contributed by atoms with Gasteiger partial charge in [0.05, 0.1) is 23.7 Å². The number of carbonyl (C=O) groups excluding carboxylic acids is 1. The molecule has 0 bridgehead atoms. The second kappa shape index (κ2) is 8.55. The van der Waals surface area contributed by atoms with Crippen molar-refractivity contribution in [2.45, 2.75) is 0 Å². The van der Waals surface area contributed by atoms with Crippen LogP contribution < -0.4 is 14.8 Å². The first-order valence-corrected chi connectivity index (χ1v) is 8.76. The summed E-state index contributed by atoms with van der Waals surface area (Å²) in [5.41, 5.74) is 1.35. The minimum atomic E-state index is -0.283. The highest BCUT2D eigenvalue weighted by Gasteiger charge is 2.08. The van der Waals surface area contributed by atoms with Gasteiger partial charge >= 0.3 is 0 Å². The SMILES string of the molecule is COc1ccc(NC(=O)/C=C/c2cc(Br)cc(Br)c2OC)cc1Cl. The first-order valence-electron chi connectivity index (χ1n) is 6.80. The van der Waals surface area contributed by atoms with Crippen molar-refractivity contribution in [1.29, 1.82) is 0 Å². The summed E-state index contributed by atoms with van der Waals surface area (Å²) >= 11 is 12.9. The van der Waals surface area contributed by atoms with Gasteiger partial charge in [-0.05, 0) is 52.3 Å². The van der Waals surface area contributed by atoms with E-state index in [-0.39, 0.29) is 5.91 Å². The lowest BCUT2D eigenvalue weighted by Gasteiger charge is -2.08. The summed E-state index contributed by atoms with van der Waals surface area (Å²) in [4.78, 5) is 12.1. The summed E-state index contributed by atoms with van der Waals surface area (Å²) in [6.07, 6.45) is 3.10. The highest BCUT2D eigenvalue weighted by Crippen LogP contribution is 2.33. The van der Waals surface area contributed by atoms with Gasteiger partial charge in [-0.2, -0.15) is 0 Å². The largest absolute Gasteiger partial charge is 0.495 e. The minimum absolute atomic E-state index is 0.283. The molecule has 4 nitrogen and oxygen atoms in total. The van der Waals surface area contributed by atoms with E-state index in [1.165, 1.54) is 13.2 Å². The van der Waals surface area contributed by atoms with Crippen molar-refractivity contribution in [2.75, 3.05) is 19.5 Å². The maximum atomic E-state index is 12.1. The molecule has 0 saturated carbocycles. The average Bonchev–Trinajstić information content (AvgIpc) is 2.52. The molecule has 0 fully saturated rings. The quantitative estimate of drug-likeness (QED) is 0.578. The lowest BCUT2D eigenvalue weighted by Crippen LogP contribution is -2.07. The standard InChI is InChI=1S/C17H14Br2ClNO3/c1-23-15-5-4-12(9-14(15)20)21-16(22)6-3-10-7-11(18)8-13(19)17(10)24-2/h3-9H,1-2H3,(H,21,22)/b6-3+. The molecule has 0 saturated heterocycles. The van der Waals surface area contributed by atoms with Crippen molar-refractivity contribution >= 4 is 61.1 Å². The third kappa shape index (κ3) is 4.75. The molecule has 1 N–H and O–H groups in total. The minimum Gasteiger partial charge on any atom is -0.495 e. The Labute approximate surface area is 162 Å². The summed E-state index contributed by atoms with van der Waals surface area (Å²) in [6, 6.07) is 8.76. The maximum Gasteiger partial charge on any atom is 0.248 e. The van der Waals surface area contributed by atoms with Gasteiger partial charge in [0.1, 0.15) is 11.5 Å². The molecule has 0 spiro atoms. The van der Waals surface area contributed by atoms with Crippen LogP contribution in [0.25, 0.3) is 6.08 Å². The number of hydrogen-bond acceptors (Lipinski definition) is 3. The Morgan fingerprint density at radius 2 is 1.92 bits per heavy atom. The van der Waals surface area contributed by atoms with Gasteiger partial charge in [-0.3, -0.25) is 4.79 Å². The predicted molar refractivity (Wildman–Crippen MR) is 104 cm³/mol. The highest BCUT2D eigenvalue weighted by molar-refractivity contribution is 9.11. The van der Waals surface area contributed by atoms with Crippen LogP contribution in [0, 0.1) is 0 Å². The van der Waals surface area contributed by atoms with E-state index in [0.717, 1.165) is 14.5 Å².